The predicted octanol–water partition coefficient (Wildman–Crippen LogP) is 0.711. The minimum Gasteiger partial charge on any atom is -0.381 e. The summed E-state index contributed by atoms with van der Waals surface area (Å²) in [5.74, 6) is 0.0904. The van der Waals surface area contributed by atoms with Gasteiger partial charge in [-0.05, 0) is 37.8 Å². The Balaban J connectivity index is 1.58. The van der Waals surface area contributed by atoms with E-state index in [1.807, 2.05) is 4.90 Å². The Morgan fingerprint density at radius 1 is 1.19 bits per heavy atom. The summed E-state index contributed by atoms with van der Waals surface area (Å²) < 4.78 is 33.0. The van der Waals surface area contributed by atoms with Crippen LogP contribution in [0.4, 0.5) is 0 Å². The van der Waals surface area contributed by atoms with Gasteiger partial charge in [0.15, 0.2) is 0 Å². The van der Waals surface area contributed by atoms with E-state index < -0.39 is 15.4 Å². The van der Waals surface area contributed by atoms with Crippen LogP contribution >= 0.6 is 0 Å². The van der Waals surface area contributed by atoms with Crippen molar-refractivity contribution in [3.05, 3.63) is 30.3 Å². The predicted molar refractivity (Wildman–Crippen MR) is 97.9 cm³/mol. The molecule has 0 spiro atoms. The summed E-state index contributed by atoms with van der Waals surface area (Å²) in [5, 5.41) is 0. The molecule has 0 atom stereocenters. The summed E-state index contributed by atoms with van der Waals surface area (Å²) in [4.78, 5) is 15.1. The number of rotatable bonds is 5. The molecule has 0 aromatic heterocycles. The van der Waals surface area contributed by atoms with Gasteiger partial charge in [0, 0.05) is 38.9 Å². The maximum Gasteiger partial charge on any atom is 0.240 e. The average molecular weight is 381 g/mol. The van der Waals surface area contributed by atoms with Gasteiger partial charge in [-0.1, -0.05) is 18.2 Å². The van der Waals surface area contributed by atoms with E-state index >= 15 is 0 Å². The molecule has 1 aromatic rings. The lowest BCUT2D eigenvalue weighted by Gasteiger charge is -2.41. The lowest BCUT2D eigenvalue weighted by atomic mass is 9.78. The van der Waals surface area contributed by atoms with E-state index in [2.05, 4.69) is 4.72 Å². The first kappa shape index (κ1) is 19.3. The number of carbonyl (C=O) groups is 1. The number of nitrogens with zero attached hydrogens (tertiary/aromatic N) is 1. The first-order chi connectivity index (χ1) is 12.5. The number of benzene rings is 1. The molecule has 3 rings (SSSR count). The topological polar surface area (TPSA) is 102 Å². The summed E-state index contributed by atoms with van der Waals surface area (Å²) in [7, 11) is -3.52. The second kappa shape index (κ2) is 8.04. The molecule has 1 aromatic carbocycles. The van der Waals surface area contributed by atoms with Crippen LogP contribution in [0.5, 0.6) is 0 Å². The van der Waals surface area contributed by atoms with E-state index in [9.17, 15) is 13.2 Å². The zero-order valence-electron chi connectivity index (χ0n) is 14.9. The molecular weight excluding hydrogens is 354 g/mol. The number of sulfonamides is 1. The SMILES string of the molecule is NCC1(C(=O)N2CCC(NS(=O)(=O)c3ccccc3)CC2)CCOCC1. The van der Waals surface area contributed by atoms with Crippen LogP contribution in [0.3, 0.4) is 0 Å². The largest absolute Gasteiger partial charge is 0.381 e. The number of ether oxygens (including phenoxy) is 1. The van der Waals surface area contributed by atoms with Crippen molar-refractivity contribution in [3.63, 3.8) is 0 Å². The van der Waals surface area contributed by atoms with Gasteiger partial charge in [-0.15, -0.1) is 0 Å². The molecule has 0 aliphatic carbocycles. The van der Waals surface area contributed by atoms with Crippen molar-refractivity contribution >= 4 is 15.9 Å². The van der Waals surface area contributed by atoms with Crippen molar-refractivity contribution in [2.45, 2.75) is 36.6 Å². The minimum absolute atomic E-state index is 0.0904. The van der Waals surface area contributed by atoms with Crippen LogP contribution in [0, 0.1) is 5.41 Å². The average Bonchev–Trinajstić information content (AvgIpc) is 2.69. The van der Waals surface area contributed by atoms with Gasteiger partial charge in [-0.3, -0.25) is 4.79 Å². The summed E-state index contributed by atoms with van der Waals surface area (Å²) in [5.41, 5.74) is 5.41. The normalized spacial score (nSPS) is 21.5. The molecule has 26 heavy (non-hydrogen) atoms. The Hall–Kier alpha value is -1.48. The van der Waals surface area contributed by atoms with Gasteiger partial charge in [0.25, 0.3) is 0 Å². The van der Waals surface area contributed by atoms with E-state index in [1.54, 1.807) is 30.3 Å². The van der Waals surface area contributed by atoms with E-state index in [4.69, 9.17) is 10.5 Å². The molecule has 2 aliphatic rings. The van der Waals surface area contributed by atoms with Gasteiger partial charge >= 0.3 is 0 Å². The van der Waals surface area contributed by atoms with Crippen molar-refractivity contribution in [2.75, 3.05) is 32.8 Å². The number of piperidine rings is 1. The van der Waals surface area contributed by atoms with Crippen LogP contribution in [-0.2, 0) is 19.6 Å². The number of amides is 1. The molecule has 0 unspecified atom stereocenters. The van der Waals surface area contributed by atoms with Gasteiger partial charge in [0.2, 0.25) is 15.9 Å². The van der Waals surface area contributed by atoms with Gasteiger partial charge < -0.3 is 15.4 Å². The highest BCUT2D eigenvalue weighted by atomic mass is 32.2. The Morgan fingerprint density at radius 3 is 2.38 bits per heavy atom. The van der Waals surface area contributed by atoms with Crippen LogP contribution in [0.1, 0.15) is 25.7 Å². The van der Waals surface area contributed by atoms with Crippen molar-refractivity contribution in [2.24, 2.45) is 11.1 Å². The fraction of sp³-hybridized carbons (Fsp3) is 0.611. The van der Waals surface area contributed by atoms with Gasteiger partial charge in [0.05, 0.1) is 10.3 Å². The third-order valence-electron chi connectivity index (χ3n) is 5.45. The molecule has 2 aliphatic heterocycles. The van der Waals surface area contributed by atoms with Crippen LogP contribution in [0.2, 0.25) is 0 Å². The Bertz CT molecular complexity index is 709. The number of hydrogen-bond donors (Lipinski definition) is 2. The molecule has 0 bridgehead atoms. The fourth-order valence-corrected chi connectivity index (χ4v) is 5.02. The van der Waals surface area contributed by atoms with Crippen molar-refractivity contribution in [1.29, 1.82) is 0 Å². The minimum atomic E-state index is -3.52. The maximum atomic E-state index is 13.0. The first-order valence-electron chi connectivity index (χ1n) is 9.11. The third kappa shape index (κ3) is 4.09. The number of hydrogen-bond acceptors (Lipinski definition) is 5. The van der Waals surface area contributed by atoms with Gasteiger partial charge in [-0.25, -0.2) is 13.1 Å². The number of likely N-dealkylation sites (tertiary alicyclic amines) is 1. The number of nitrogens with two attached hydrogens (primary N) is 1. The number of carbonyl (C=O) groups excluding carboxylic acids is 1. The molecule has 3 N–H and O–H groups in total. The highest BCUT2D eigenvalue weighted by molar-refractivity contribution is 7.89. The Kier molecular flexibility index (Phi) is 5.96. The maximum absolute atomic E-state index is 13.0. The molecule has 0 saturated carbocycles. The summed E-state index contributed by atoms with van der Waals surface area (Å²) >= 11 is 0. The lowest BCUT2D eigenvalue weighted by molar-refractivity contribution is -0.148. The molecule has 7 nitrogen and oxygen atoms in total. The summed E-state index contributed by atoms with van der Waals surface area (Å²) in [6.45, 7) is 2.55. The van der Waals surface area contributed by atoms with E-state index in [0.717, 1.165) is 0 Å². The van der Waals surface area contributed by atoms with E-state index in [1.165, 1.54) is 0 Å². The van der Waals surface area contributed by atoms with Crippen molar-refractivity contribution in [3.8, 4) is 0 Å². The van der Waals surface area contributed by atoms with Crippen LogP contribution in [-0.4, -0.2) is 58.1 Å². The summed E-state index contributed by atoms with van der Waals surface area (Å²) in [6.07, 6.45) is 2.52. The molecule has 2 heterocycles. The third-order valence-corrected chi connectivity index (χ3v) is 6.99. The molecular formula is C18H27N3O4S. The fourth-order valence-electron chi connectivity index (χ4n) is 3.69. The molecule has 1 amide bonds. The quantitative estimate of drug-likeness (QED) is 0.782. The lowest BCUT2D eigenvalue weighted by Crippen LogP contribution is -2.54. The van der Waals surface area contributed by atoms with Crippen LogP contribution in [0.25, 0.3) is 0 Å². The smallest absolute Gasteiger partial charge is 0.240 e. The van der Waals surface area contributed by atoms with Crippen molar-refractivity contribution in [1.82, 2.24) is 9.62 Å². The molecule has 0 radical (unpaired) electrons. The monoisotopic (exact) mass is 381 g/mol. The second-order valence-corrected chi connectivity index (χ2v) is 8.81. The standard InChI is InChI=1S/C18H27N3O4S/c19-14-18(8-12-25-13-9-18)17(22)21-10-6-15(7-11-21)20-26(23,24)16-4-2-1-3-5-16/h1-5,15,20H,6-14,19H2. The van der Waals surface area contributed by atoms with Crippen molar-refractivity contribution < 1.29 is 17.9 Å². The van der Waals surface area contributed by atoms with Crippen LogP contribution in [0.15, 0.2) is 35.2 Å². The summed E-state index contributed by atoms with van der Waals surface area (Å²) in [6, 6.07) is 8.19. The van der Waals surface area contributed by atoms with E-state index in [0.29, 0.717) is 58.5 Å². The molecule has 144 valence electrons. The second-order valence-electron chi connectivity index (χ2n) is 7.10. The van der Waals surface area contributed by atoms with Crippen LogP contribution < -0.4 is 10.5 Å². The highest BCUT2D eigenvalue weighted by Crippen LogP contribution is 2.32. The van der Waals surface area contributed by atoms with Gasteiger partial charge in [-0.2, -0.15) is 0 Å². The molecule has 8 heteroatoms. The highest BCUT2D eigenvalue weighted by Gasteiger charge is 2.42. The molecule has 2 fully saturated rings. The Morgan fingerprint density at radius 2 is 1.81 bits per heavy atom. The molecule has 2 saturated heterocycles. The Labute approximate surface area is 154 Å². The zero-order valence-corrected chi connectivity index (χ0v) is 15.7. The zero-order chi connectivity index (χ0) is 18.6. The number of nitrogens with one attached hydrogen (secondary N) is 1. The van der Waals surface area contributed by atoms with E-state index in [-0.39, 0.29) is 16.8 Å². The van der Waals surface area contributed by atoms with Gasteiger partial charge in [0.1, 0.15) is 0 Å². The first-order valence-corrected chi connectivity index (χ1v) is 10.6.